The van der Waals surface area contributed by atoms with E-state index < -0.39 is 0 Å². The van der Waals surface area contributed by atoms with E-state index in [1.807, 2.05) is 0 Å². The monoisotopic (exact) mass is 279 g/mol. The summed E-state index contributed by atoms with van der Waals surface area (Å²) in [5, 5.41) is 1.54. The number of para-hydroxylation sites is 1. The number of rotatable bonds is 6. The highest BCUT2D eigenvalue weighted by Gasteiger charge is 2.06. The predicted molar refractivity (Wildman–Crippen MR) is 72.9 cm³/mol. The Morgan fingerprint density at radius 3 is 2.56 bits per heavy atom. The van der Waals surface area contributed by atoms with Gasteiger partial charge in [-0.25, -0.2) is 0 Å². The molecule has 0 aromatic heterocycles. The fraction of sp³-hybridized carbons (Fsp3) is 0.455. The number of thioether (sulfide) groups is 1. The summed E-state index contributed by atoms with van der Waals surface area (Å²) in [5.74, 6) is 1.44. The Labute approximate surface area is 110 Å². The van der Waals surface area contributed by atoms with Crippen molar-refractivity contribution in [2.45, 2.75) is 12.2 Å². The van der Waals surface area contributed by atoms with Crippen LogP contribution in [0.2, 0.25) is 10.0 Å². The lowest BCUT2D eigenvalue weighted by Crippen LogP contribution is -2.14. The van der Waals surface area contributed by atoms with Crippen LogP contribution in [0.1, 0.15) is 6.92 Å². The lowest BCUT2D eigenvalue weighted by atomic mass is 10.3. The van der Waals surface area contributed by atoms with Crippen LogP contribution in [-0.2, 0) is 0 Å². The van der Waals surface area contributed by atoms with Gasteiger partial charge < -0.3 is 10.5 Å². The average Bonchev–Trinajstić information content (AvgIpc) is 2.27. The lowest BCUT2D eigenvalue weighted by molar-refractivity contribution is 0.344. The van der Waals surface area contributed by atoms with Crippen molar-refractivity contribution in [1.82, 2.24) is 0 Å². The molecule has 0 aliphatic heterocycles. The van der Waals surface area contributed by atoms with Gasteiger partial charge in [-0.15, -0.1) is 0 Å². The van der Waals surface area contributed by atoms with Gasteiger partial charge in [0.1, 0.15) is 0 Å². The second kappa shape index (κ2) is 7.28. The molecule has 16 heavy (non-hydrogen) atoms. The average molecular weight is 280 g/mol. The summed E-state index contributed by atoms with van der Waals surface area (Å²) in [6.45, 7) is 3.35. The van der Waals surface area contributed by atoms with Gasteiger partial charge in [-0.05, 0) is 12.1 Å². The smallest absolute Gasteiger partial charge is 0.156 e. The van der Waals surface area contributed by atoms with Gasteiger partial charge in [0.2, 0.25) is 0 Å². The van der Waals surface area contributed by atoms with Gasteiger partial charge in [0.25, 0.3) is 0 Å². The Morgan fingerprint density at radius 2 is 2.00 bits per heavy atom. The SMILES string of the molecule is CC(CN)SCCOc1c(Cl)cccc1Cl. The molecule has 0 bridgehead atoms. The summed E-state index contributed by atoms with van der Waals surface area (Å²) in [5.41, 5.74) is 5.51. The highest BCUT2D eigenvalue weighted by atomic mass is 35.5. The van der Waals surface area contributed by atoms with E-state index in [0.717, 1.165) is 5.75 Å². The lowest BCUT2D eigenvalue weighted by Gasteiger charge is -2.11. The number of halogens is 2. The Hall–Kier alpha value is -0.0900. The molecule has 1 aromatic rings. The first-order valence-electron chi connectivity index (χ1n) is 5.03. The summed E-state index contributed by atoms with van der Waals surface area (Å²) in [6.07, 6.45) is 0. The number of nitrogens with two attached hydrogens (primary N) is 1. The third-order valence-corrected chi connectivity index (χ3v) is 3.74. The summed E-state index contributed by atoms with van der Waals surface area (Å²) in [7, 11) is 0. The number of benzene rings is 1. The van der Waals surface area contributed by atoms with Gasteiger partial charge >= 0.3 is 0 Å². The minimum absolute atomic E-state index is 0.449. The third kappa shape index (κ3) is 4.42. The van der Waals surface area contributed by atoms with E-state index >= 15 is 0 Å². The second-order valence-corrected chi connectivity index (χ2v) is 5.68. The van der Waals surface area contributed by atoms with Crippen LogP contribution in [0.15, 0.2) is 18.2 Å². The molecule has 0 aliphatic carbocycles. The van der Waals surface area contributed by atoms with Crippen molar-refractivity contribution in [2.24, 2.45) is 5.73 Å². The van der Waals surface area contributed by atoms with Gasteiger partial charge in [-0.3, -0.25) is 0 Å². The Kier molecular flexibility index (Phi) is 6.36. The number of hydrogen-bond acceptors (Lipinski definition) is 3. The standard InChI is InChI=1S/C11H15Cl2NOS/c1-8(7-14)16-6-5-15-11-9(12)3-2-4-10(11)13/h2-4,8H,5-7,14H2,1H3. The Bertz CT molecular complexity index is 316. The van der Waals surface area contributed by atoms with Gasteiger partial charge in [0.05, 0.1) is 16.7 Å². The summed E-state index contributed by atoms with van der Waals surface area (Å²) >= 11 is 13.7. The first-order chi connectivity index (χ1) is 7.65. The molecule has 1 unspecified atom stereocenters. The Morgan fingerprint density at radius 1 is 1.38 bits per heavy atom. The molecule has 0 radical (unpaired) electrons. The molecule has 1 atom stereocenters. The molecule has 2 nitrogen and oxygen atoms in total. The minimum Gasteiger partial charge on any atom is -0.490 e. The van der Waals surface area contributed by atoms with Crippen molar-refractivity contribution in [3.63, 3.8) is 0 Å². The quantitative estimate of drug-likeness (QED) is 0.811. The molecule has 0 aliphatic rings. The number of ether oxygens (including phenoxy) is 1. The topological polar surface area (TPSA) is 35.2 Å². The van der Waals surface area contributed by atoms with E-state index in [1.165, 1.54) is 0 Å². The molecular formula is C11H15Cl2NOS. The fourth-order valence-corrected chi connectivity index (χ4v) is 2.31. The van der Waals surface area contributed by atoms with Crippen molar-refractivity contribution in [2.75, 3.05) is 18.9 Å². The first kappa shape index (κ1) is 14.0. The molecule has 1 rings (SSSR count). The number of hydrogen-bond donors (Lipinski definition) is 1. The van der Waals surface area contributed by atoms with Gasteiger partial charge in [0.15, 0.2) is 5.75 Å². The van der Waals surface area contributed by atoms with Crippen LogP contribution in [0.4, 0.5) is 0 Å². The predicted octanol–water partition coefficient (Wildman–Crippen LogP) is 3.45. The van der Waals surface area contributed by atoms with Crippen molar-refractivity contribution < 1.29 is 4.74 Å². The van der Waals surface area contributed by atoms with Crippen molar-refractivity contribution >= 4 is 35.0 Å². The highest BCUT2D eigenvalue weighted by molar-refractivity contribution is 7.99. The second-order valence-electron chi connectivity index (χ2n) is 3.32. The summed E-state index contributed by atoms with van der Waals surface area (Å²) < 4.78 is 5.54. The van der Waals surface area contributed by atoms with E-state index in [1.54, 1.807) is 30.0 Å². The molecule has 0 heterocycles. The van der Waals surface area contributed by atoms with Crippen molar-refractivity contribution in [3.8, 4) is 5.75 Å². The Balaban J connectivity index is 2.37. The van der Waals surface area contributed by atoms with Gasteiger partial charge in [-0.2, -0.15) is 11.8 Å². The molecule has 0 amide bonds. The van der Waals surface area contributed by atoms with E-state index in [4.69, 9.17) is 33.7 Å². The van der Waals surface area contributed by atoms with Gasteiger partial charge in [0, 0.05) is 17.5 Å². The van der Waals surface area contributed by atoms with Crippen LogP contribution in [-0.4, -0.2) is 24.2 Å². The van der Waals surface area contributed by atoms with E-state index in [0.29, 0.717) is 34.2 Å². The van der Waals surface area contributed by atoms with Crippen LogP contribution in [0.5, 0.6) is 5.75 Å². The zero-order valence-electron chi connectivity index (χ0n) is 9.08. The maximum atomic E-state index is 5.96. The molecule has 0 fully saturated rings. The molecule has 0 saturated carbocycles. The van der Waals surface area contributed by atoms with Crippen LogP contribution >= 0.6 is 35.0 Å². The summed E-state index contributed by atoms with van der Waals surface area (Å²) in [6, 6.07) is 5.32. The molecule has 0 saturated heterocycles. The normalized spacial score (nSPS) is 12.5. The highest BCUT2D eigenvalue weighted by Crippen LogP contribution is 2.32. The third-order valence-electron chi connectivity index (χ3n) is 1.98. The zero-order valence-corrected chi connectivity index (χ0v) is 11.4. The van der Waals surface area contributed by atoms with Crippen molar-refractivity contribution in [1.29, 1.82) is 0 Å². The van der Waals surface area contributed by atoms with Crippen LogP contribution in [0, 0.1) is 0 Å². The fourth-order valence-electron chi connectivity index (χ4n) is 1.08. The molecule has 1 aromatic carbocycles. The van der Waals surface area contributed by atoms with E-state index in [-0.39, 0.29) is 0 Å². The molecular weight excluding hydrogens is 265 g/mol. The maximum Gasteiger partial charge on any atom is 0.156 e. The molecule has 0 spiro atoms. The largest absolute Gasteiger partial charge is 0.490 e. The molecule has 90 valence electrons. The minimum atomic E-state index is 0.449. The van der Waals surface area contributed by atoms with Crippen LogP contribution in [0.3, 0.4) is 0 Å². The molecule has 5 heteroatoms. The maximum absolute atomic E-state index is 5.96. The van der Waals surface area contributed by atoms with E-state index in [2.05, 4.69) is 6.92 Å². The van der Waals surface area contributed by atoms with Crippen molar-refractivity contribution in [3.05, 3.63) is 28.2 Å². The summed E-state index contributed by atoms with van der Waals surface area (Å²) in [4.78, 5) is 0. The van der Waals surface area contributed by atoms with Gasteiger partial charge in [-0.1, -0.05) is 36.2 Å². The van der Waals surface area contributed by atoms with Crippen LogP contribution < -0.4 is 10.5 Å². The zero-order chi connectivity index (χ0) is 12.0. The van der Waals surface area contributed by atoms with Crippen LogP contribution in [0.25, 0.3) is 0 Å². The molecule has 2 N–H and O–H groups in total. The first-order valence-corrected chi connectivity index (χ1v) is 6.84. The van der Waals surface area contributed by atoms with E-state index in [9.17, 15) is 0 Å².